The van der Waals surface area contributed by atoms with Crippen LogP contribution in [0.4, 0.5) is 0 Å². The number of thioether (sulfide) groups is 1. The highest BCUT2D eigenvalue weighted by Crippen LogP contribution is 2.44. The van der Waals surface area contributed by atoms with Gasteiger partial charge in [0.2, 0.25) is 5.91 Å². The molecule has 0 N–H and O–H groups in total. The van der Waals surface area contributed by atoms with Crippen molar-refractivity contribution in [3.63, 3.8) is 0 Å². The number of amides is 2. The Hall–Kier alpha value is -1.49. The van der Waals surface area contributed by atoms with E-state index in [9.17, 15) is 9.59 Å². The Labute approximate surface area is 173 Å². The Morgan fingerprint density at radius 1 is 1.11 bits per heavy atom. The molecule has 0 atom stereocenters. The van der Waals surface area contributed by atoms with Gasteiger partial charge in [0.05, 0.1) is 4.87 Å². The third kappa shape index (κ3) is 3.96. The lowest BCUT2D eigenvalue weighted by atomic mass is 9.98. The van der Waals surface area contributed by atoms with Crippen LogP contribution in [0, 0.1) is 12.8 Å². The van der Waals surface area contributed by atoms with E-state index in [1.807, 2.05) is 47.9 Å². The summed E-state index contributed by atoms with van der Waals surface area (Å²) in [5.41, 5.74) is 1.84. The zero-order chi connectivity index (χ0) is 19.6. The van der Waals surface area contributed by atoms with Gasteiger partial charge in [0.15, 0.2) is 0 Å². The second kappa shape index (κ2) is 8.48. The van der Waals surface area contributed by atoms with Gasteiger partial charge in [-0.3, -0.25) is 9.59 Å². The van der Waals surface area contributed by atoms with E-state index in [-0.39, 0.29) is 10.8 Å². The van der Waals surface area contributed by atoms with Gasteiger partial charge in [0.1, 0.15) is 0 Å². The van der Waals surface area contributed by atoms with E-state index >= 15 is 0 Å². The van der Waals surface area contributed by atoms with Gasteiger partial charge in [-0.25, -0.2) is 0 Å². The maximum atomic E-state index is 13.0. The topological polar surface area (TPSA) is 40.6 Å². The van der Waals surface area contributed by atoms with Gasteiger partial charge in [-0.15, -0.1) is 11.8 Å². The van der Waals surface area contributed by atoms with Crippen molar-refractivity contribution in [1.82, 2.24) is 9.80 Å². The zero-order valence-corrected chi connectivity index (χ0v) is 17.8. The van der Waals surface area contributed by atoms with Crippen molar-refractivity contribution in [3.8, 4) is 0 Å². The summed E-state index contributed by atoms with van der Waals surface area (Å²) in [4.78, 5) is 30.0. The first-order chi connectivity index (χ1) is 13.6. The number of hydrogen-bond acceptors (Lipinski definition) is 3. The summed E-state index contributed by atoms with van der Waals surface area (Å²) in [6, 6.07) is 7.83. The SMILES string of the molecule is Cc1ccccc1C(=O)N1CCC2(CC1)SCCN2C(=O)CCC1CCCC1. The molecule has 2 saturated heterocycles. The summed E-state index contributed by atoms with van der Waals surface area (Å²) >= 11 is 1.94. The maximum absolute atomic E-state index is 13.0. The molecule has 28 heavy (non-hydrogen) atoms. The van der Waals surface area contributed by atoms with Crippen molar-refractivity contribution in [1.29, 1.82) is 0 Å². The Kier molecular flexibility index (Phi) is 6.00. The van der Waals surface area contributed by atoms with Crippen LogP contribution in [0.3, 0.4) is 0 Å². The summed E-state index contributed by atoms with van der Waals surface area (Å²) in [7, 11) is 0. The van der Waals surface area contributed by atoms with E-state index < -0.39 is 0 Å². The number of hydrogen-bond donors (Lipinski definition) is 0. The van der Waals surface area contributed by atoms with Crippen molar-refractivity contribution >= 4 is 23.6 Å². The Morgan fingerprint density at radius 2 is 1.82 bits per heavy atom. The number of nitrogens with zero attached hydrogens (tertiary/aromatic N) is 2. The van der Waals surface area contributed by atoms with Crippen molar-refractivity contribution in [3.05, 3.63) is 35.4 Å². The van der Waals surface area contributed by atoms with Crippen LogP contribution >= 0.6 is 11.8 Å². The molecular formula is C23H32N2O2S. The van der Waals surface area contributed by atoms with E-state index in [0.29, 0.717) is 12.3 Å². The first-order valence-corrected chi connectivity index (χ1v) is 11.9. The first-order valence-electron chi connectivity index (χ1n) is 10.9. The fourth-order valence-corrected chi connectivity index (χ4v) is 6.65. The molecule has 1 spiro atoms. The molecule has 152 valence electrons. The molecule has 3 fully saturated rings. The van der Waals surface area contributed by atoms with E-state index in [4.69, 9.17) is 0 Å². The number of likely N-dealkylation sites (tertiary alicyclic amines) is 1. The molecule has 0 unspecified atom stereocenters. The van der Waals surface area contributed by atoms with Crippen LogP contribution in [0.2, 0.25) is 0 Å². The van der Waals surface area contributed by atoms with Crippen LogP contribution in [-0.4, -0.2) is 51.9 Å². The summed E-state index contributed by atoms with van der Waals surface area (Å²) in [5.74, 6) is 2.27. The fourth-order valence-electron chi connectivity index (χ4n) is 5.18. The quantitative estimate of drug-likeness (QED) is 0.748. The van der Waals surface area contributed by atoms with Crippen LogP contribution in [0.25, 0.3) is 0 Å². The van der Waals surface area contributed by atoms with E-state index in [2.05, 4.69) is 4.90 Å². The lowest BCUT2D eigenvalue weighted by Gasteiger charge is -2.44. The molecule has 2 aliphatic heterocycles. The summed E-state index contributed by atoms with van der Waals surface area (Å²) in [5, 5.41) is 0. The van der Waals surface area contributed by atoms with Crippen molar-refractivity contribution < 1.29 is 9.59 Å². The molecule has 1 aliphatic carbocycles. The van der Waals surface area contributed by atoms with Gasteiger partial charge < -0.3 is 9.80 Å². The predicted molar refractivity (Wildman–Crippen MR) is 114 cm³/mol. The molecule has 0 bridgehead atoms. The lowest BCUT2D eigenvalue weighted by molar-refractivity contribution is -0.135. The minimum atomic E-state index is -0.0741. The lowest BCUT2D eigenvalue weighted by Crippen LogP contribution is -2.53. The third-order valence-corrected chi connectivity index (χ3v) is 8.48. The molecule has 3 aliphatic rings. The standard InChI is InChI=1S/C23H32N2O2S/c1-18-6-2-5-9-20(18)22(27)24-14-12-23(13-15-24)25(16-17-28-23)21(26)11-10-19-7-3-4-8-19/h2,5-6,9,19H,3-4,7-8,10-17H2,1H3. The van der Waals surface area contributed by atoms with Crippen LogP contribution < -0.4 is 0 Å². The van der Waals surface area contributed by atoms with Crippen LogP contribution in [-0.2, 0) is 4.79 Å². The molecule has 0 aromatic heterocycles. The van der Waals surface area contributed by atoms with Gasteiger partial charge in [-0.1, -0.05) is 43.9 Å². The number of piperidine rings is 1. The number of carbonyl (C=O) groups is 2. The van der Waals surface area contributed by atoms with Gasteiger partial charge in [-0.05, 0) is 43.7 Å². The monoisotopic (exact) mass is 400 g/mol. The number of carbonyl (C=O) groups excluding carboxylic acids is 2. The fraction of sp³-hybridized carbons (Fsp3) is 0.652. The normalized spacial score (nSPS) is 22.2. The van der Waals surface area contributed by atoms with Crippen molar-refractivity contribution in [2.45, 2.75) is 63.2 Å². The summed E-state index contributed by atoms with van der Waals surface area (Å²) in [6.07, 6.45) is 8.86. The third-order valence-electron chi connectivity index (χ3n) is 6.93. The molecule has 1 saturated carbocycles. The van der Waals surface area contributed by atoms with Gasteiger partial charge in [-0.2, -0.15) is 0 Å². The Balaban J connectivity index is 1.36. The largest absolute Gasteiger partial charge is 0.338 e. The highest BCUT2D eigenvalue weighted by Gasteiger charge is 2.46. The van der Waals surface area contributed by atoms with Crippen LogP contribution in [0.1, 0.15) is 67.3 Å². The number of aryl methyl sites for hydroxylation is 1. The second-order valence-corrected chi connectivity index (χ2v) is 10.1. The van der Waals surface area contributed by atoms with Crippen LogP contribution in [0.15, 0.2) is 24.3 Å². The molecule has 2 heterocycles. The zero-order valence-electron chi connectivity index (χ0n) is 17.0. The Bertz CT molecular complexity index is 721. The molecule has 4 rings (SSSR count). The smallest absolute Gasteiger partial charge is 0.254 e. The highest BCUT2D eigenvalue weighted by molar-refractivity contribution is 8.00. The predicted octanol–water partition coefficient (Wildman–Crippen LogP) is 4.47. The van der Waals surface area contributed by atoms with E-state index in [1.165, 1.54) is 25.7 Å². The molecular weight excluding hydrogens is 368 g/mol. The minimum Gasteiger partial charge on any atom is -0.338 e. The molecule has 1 aromatic rings. The maximum Gasteiger partial charge on any atom is 0.254 e. The van der Waals surface area contributed by atoms with Crippen LogP contribution in [0.5, 0.6) is 0 Å². The van der Waals surface area contributed by atoms with Gasteiger partial charge in [0.25, 0.3) is 5.91 Å². The average Bonchev–Trinajstić information content (AvgIpc) is 3.37. The highest BCUT2D eigenvalue weighted by atomic mass is 32.2. The second-order valence-electron chi connectivity index (χ2n) is 8.64. The molecule has 1 aromatic carbocycles. The minimum absolute atomic E-state index is 0.0741. The van der Waals surface area contributed by atoms with E-state index in [1.54, 1.807) is 0 Å². The molecule has 5 heteroatoms. The number of rotatable bonds is 4. The first kappa shape index (κ1) is 19.8. The van der Waals surface area contributed by atoms with E-state index in [0.717, 1.165) is 61.7 Å². The van der Waals surface area contributed by atoms with Gasteiger partial charge in [0, 0.05) is 37.4 Å². The van der Waals surface area contributed by atoms with Gasteiger partial charge >= 0.3 is 0 Å². The molecule has 2 amide bonds. The summed E-state index contributed by atoms with van der Waals surface area (Å²) < 4.78 is 0. The Morgan fingerprint density at radius 3 is 2.54 bits per heavy atom. The number of benzene rings is 1. The molecule has 4 nitrogen and oxygen atoms in total. The molecule has 0 radical (unpaired) electrons. The summed E-state index contributed by atoms with van der Waals surface area (Å²) in [6.45, 7) is 4.36. The average molecular weight is 401 g/mol. The van der Waals surface area contributed by atoms with Crippen molar-refractivity contribution in [2.24, 2.45) is 5.92 Å². The van der Waals surface area contributed by atoms with Crippen molar-refractivity contribution in [2.75, 3.05) is 25.4 Å².